The Balaban J connectivity index is 1.47. The summed E-state index contributed by atoms with van der Waals surface area (Å²) in [5.74, 6) is 0.143. The first-order valence-corrected chi connectivity index (χ1v) is 11.4. The molecule has 1 aliphatic heterocycles. The average Bonchev–Trinajstić information content (AvgIpc) is 2.91. The van der Waals surface area contributed by atoms with Gasteiger partial charge in [-0.3, -0.25) is 4.79 Å². The smallest absolute Gasteiger partial charge is 0.286 e. The number of amides is 1. The van der Waals surface area contributed by atoms with E-state index in [1.54, 1.807) is 25.3 Å². The van der Waals surface area contributed by atoms with Crippen molar-refractivity contribution >= 4 is 5.91 Å². The monoisotopic (exact) mass is 477 g/mol. The molecule has 1 aliphatic rings. The van der Waals surface area contributed by atoms with Crippen molar-refractivity contribution in [2.45, 2.75) is 38.4 Å². The average molecular weight is 478 g/mol. The summed E-state index contributed by atoms with van der Waals surface area (Å²) in [6.45, 7) is 0.531. The summed E-state index contributed by atoms with van der Waals surface area (Å²) in [7, 11) is 1.61. The second-order valence-electron chi connectivity index (χ2n) is 8.29. The second-order valence-corrected chi connectivity index (χ2v) is 8.29. The van der Waals surface area contributed by atoms with E-state index in [1.807, 2.05) is 48.5 Å². The number of carbonyl (C=O) groups excluding carboxylic acids is 1. The lowest BCUT2D eigenvalue weighted by Crippen LogP contribution is -2.32. The van der Waals surface area contributed by atoms with Crippen LogP contribution >= 0.6 is 0 Å². The number of halogens is 1. The van der Waals surface area contributed by atoms with Crippen LogP contribution in [0.25, 0.3) is 0 Å². The molecule has 0 fully saturated rings. The Morgan fingerprint density at radius 2 is 1.66 bits per heavy atom. The molecule has 35 heavy (non-hydrogen) atoms. The predicted octanol–water partition coefficient (Wildman–Crippen LogP) is 4.57. The molecule has 0 bridgehead atoms. The van der Waals surface area contributed by atoms with Gasteiger partial charge in [-0.15, -0.1) is 0 Å². The summed E-state index contributed by atoms with van der Waals surface area (Å²) in [5, 5.41) is 12.1. The second kappa shape index (κ2) is 11.6. The fraction of sp³-hybridized carbons (Fsp3) is 0.250. The van der Waals surface area contributed by atoms with Crippen molar-refractivity contribution in [3.63, 3.8) is 0 Å². The van der Waals surface area contributed by atoms with Gasteiger partial charge in [0.1, 0.15) is 11.6 Å². The Kier molecular flexibility index (Phi) is 8.13. The van der Waals surface area contributed by atoms with Crippen LogP contribution in [0.4, 0.5) is 4.39 Å². The zero-order valence-corrected chi connectivity index (χ0v) is 19.4. The van der Waals surface area contributed by atoms with Crippen molar-refractivity contribution in [1.82, 2.24) is 5.32 Å². The zero-order valence-electron chi connectivity index (χ0n) is 19.4. The number of hydrogen-bond acceptors (Lipinski definition) is 5. The number of benzene rings is 3. The predicted molar refractivity (Wildman–Crippen MR) is 129 cm³/mol. The Bertz CT molecular complexity index is 1140. The quantitative estimate of drug-likeness (QED) is 0.472. The minimum absolute atomic E-state index is 0.0163. The lowest BCUT2D eigenvalue weighted by molar-refractivity contribution is -0.150. The Morgan fingerprint density at radius 3 is 2.31 bits per heavy atom. The van der Waals surface area contributed by atoms with Gasteiger partial charge in [0.05, 0.1) is 20.3 Å². The number of aliphatic hydroxyl groups excluding tert-OH is 1. The molecule has 182 valence electrons. The molecule has 0 aliphatic carbocycles. The lowest BCUT2D eigenvalue weighted by Gasteiger charge is -2.29. The van der Waals surface area contributed by atoms with Gasteiger partial charge in [0.2, 0.25) is 6.29 Å². The van der Waals surface area contributed by atoms with Gasteiger partial charge in [-0.1, -0.05) is 48.5 Å². The van der Waals surface area contributed by atoms with Gasteiger partial charge in [0.15, 0.2) is 5.76 Å². The van der Waals surface area contributed by atoms with Crippen LogP contribution in [0, 0.1) is 5.82 Å². The molecule has 3 aromatic carbocycles. The molecule has 0 unspecified atom stereocenters. The van der Waals surface area contributed by atoms with Crippen LogP contribution < -0.4 is 10.1 Å². The standard InChI is InChI=1S/C28H28FNO5/c1-33-25-12-8-22(9-13-25)23-14-26(28(32)30-16-19-6-10-24(29)11-7-19)35-27(15-23)34-18-21-4-2-20(17-31)3-5-21/h2-14,23,27,31H,15-18H2,1H3,(H,30,32)/t23-,27+/m0/s1. The Labute approximate surface area is 204 Å². The van der Waals surface area contributed by atoms with Crippen LogP contribution in [0.5, 0.6) is 5.75 Å². The van der Waals surface area contributed by atoms with E-state index >= 15 is 0 Å². The first-order valence-electron chi connectivity index (χ1n) is 11.4. The van der Waals surface area contributed by atoms with Crippen molar-refractivity contribution in [2.24, 2.45) is 0 Å². The Morgan fingerprint density at radius 1 is 1.00 bits per heavy atom. The molecule has 1 heterocycles. The van der Waals surface area contributed by atoms with Crippen molar-refractivity contribution in [3.8, 4) is 5.75 Å². The third-order valence-corrected chi connectivity index (χ3v) is 5.83. The molecular weight excluding hydrogens is 449 g/mol. The normalized spacial score (nSPS) is 17.3. The molecule has 0 radical (unpaired) electrons. The molecule has 6 nitrogen and oxygen atoms in total. The SMILES string of the molecule is COc1ccc([C@H]2C=C(C(=O)NCc3ccc(F)cc3)O[C@@H](OCc3ccc(CO)cc3)C2)cc1. The Hall–Kier alpha value is -3.68. The number of methoxy groups -OCH3 is 1. The summed E-state index contributed by atoms with van der Waals surface area (Å²) >= 11 is 0. The summed E-state index contributed by atoms with van der Waals surface area (Å²) in [6, 6.07) is 21.1. The molecule has 2 atom stereocenters. The molecule has 0 saturated carbocycles. The summed E-state index contributed by atoms with van der Waals surface area (Å²) < 4.78 is 30.4. The molecule has 1 amide bonds. The number of nitrogens with one attached hydrogen (secondary N) is 1. The topological polar surface area (TPSA) is 77.0 Å². The molecule has 7 heteroatoms. The molecular formula is C28H28FNO5. The van der Waals surface area contributed by atoms with Crippen LogP contribution in [0.2, 0.25) is 0 Å². The van der Waals surface area contributed by atoms with Gasteiger partial charge < -0.3 is 24.6 Å². The molecule has 4 rings (SSSR count). The van der Waals surface area contributed by atoms with Gasteiger partial charge >= 0.3 is 0 Å². The van der Waals surface area contributed by atoms with E-state index in [0.29, 0.717) is 13.0 Å². The highest BCUT2D eigenvalue weighted by molar-refractivity contribution is 5.91. The molecule has 0 spiro atoms. The van der Waals surface area contributed by atoms with E-state index in [9.17, 15) is 14.3 Å². The zero-order chi connectivity index (χ0) is 24.6. The molecule has 2 N–H and O–H groups in total. The van der Waals surface area contributed by atoms with Gasteiger partial charge in [-0.25, -0.2) is 4.39 Å². The summed E-state index contributed by atoms with van der Waals surface area (Å²) in [4.78, 5) is 12.9. The van der Waals surface area contributed by atoms with Gasteiger partial charge in [0, 0.05) is 18.9 Å². The molecule has 3 aromatic rings. The number of hydrogen-bond donors (Lipinski definition) is 2. The third-order valence-electron chi connectivity index (χ3n) is 5.83. The first-order chi connectivity index (χ1) is 17.0. The van der Waals surface area contributed by atoms with Crippen LogP contribution in [0.1, 0.15) is 34.6 Å². The van der Waals surface area contributed by atoms with E-state index in [-0.39, 0.29) is 36.6 Å². The van der Waals surface area contributed by atoms with Crippen molar-refractivity contribution in [1.29, 1.82) is 0 Å². The fourth-order valence-corrected chi connectivity index (χ4v) is 3.80. The number of aliphatic hydroxyl groups is 1. The van der Waals surface area contributed by atoms with Crippen LogP contribution in [-0.2, 0) is 34.0 Å². The van der Waals surface area contributed by atoms with Gasteiger partial charge in [-0.05, 0) is 52.6 Å². The minimum atomic E-state index is -0.629. The molecule has 0 saturated heterocycles. The maximum Gasteiger partial charge on any atom is 0.286 e. The van der Waals surface area contributed by atoms with E-state index in [2.05, 4.69) is 5.32 Å². The summed E-state index contributed by atoms with van der Waals surface area (Å²) in [6.07, 6.45) is 1.71. The summed E-state index contributed by atoms with van der Waals surface area (Å²) in [5.41, 5.74) is 3.55. The van der Waals surface area contributed by atoms with Gasteiger partial charge in [0.25, 0.3) is 5.91 Å². The van der Waals surface area contributed by atoms with Crippen molar-refractivity contribution < 1.29 is 28.5 Å². The number of rotatable bonds is 9. The van der Waals surface area contributed by atoms with Crippen LogP contribution in [-0.4, -0.2) is 24.4 Å². The van der Waals surface area contributed by atoms with E-state index in [1.165, 1.54) is 12.1 Å². The van der Waals surface area contributed by atoms with E-state index in [4.69, 9.17) is 14.2 Å². The van der Waals surface area contributed by atoms with Gasteiger partial charge in [-0.2, -0.15) is 0 Å². The largest absolute Gasteiger partial charge is 0.497 e. The number of allylic oxidation sites excluding steroid dienone is 1. The highest BCUT2D eigenvalue weighted by Crippen LogP contribution is 2.32. The first kappa shape index (κ1) is 24.4. The van der Waals surface area contributed by atoms with E-state index < -0.39 is 6.29 Å². The minimum Gasteiger partial charge on any atom is -0.497 e. The fourth-order valence-electron chi connectivity index (χ4n) is 3.80. The van der Waals surface area contributed by atoms with Crippen LogP contribution in [0.3, 0.4) is 0 Å². The van der Waals surface area contributed by atoms with E-state index in [0.717, 1.165) is 28.0 Å². The number of carbonyl (C=O) groups is 1. The maximum absolute atomic E-state index is 13.2. The highest BCUT2D eigenvalue weighted by Gasteiger charge is 2.29. The number of ether oxygens (including phenoxy) is 3. The third kappa shape index (κ3) is 6.68. The maximum atomic E-state index is 13.2. The lowest BCUT2D eigenvalue weighted by atomic mass is 9.93. The van der Waals surface area contributed by atoms with Crippen LogP contribution in [0.15, 0.2) is 84.6 Å². The van der Waals surface area contributed by atoms with Crippen molar-refractivity contribution in [2.75, 3.05) is 7.11 Å². The molecule has 0 aromatic heterocycles. The highest BCUT2D eigenvalue weighted by atomic mass is 19.1. The van der Waals surface area contributed by atoms with Crippen molar-refractivity contribution in [3.05, 3.63) is 113 Å².